The summed E-state index contributed by atoms with van der Waals surface area (Å²) in [6.07, 6.45) is 6.26. The molecule has 1 saturated carbocycles. The number of carbonyl (C=O) groups excluding carboxylic acids is 1. The van der Waals surface area contributed by atoms with Crippen LogP contribution in [0.25, 0.3) is 0 Å². The van der Waals surface area contributed by atoms with Gasteiger partial charge in [0.1, 0.15) is 0 Å². The van der Waals surface area contributed by atoms with Crippen molar-refractivity contribution in [1.29, 1.82) is 0 Å². The van der Waals surface area contributed by atoms with Crippen molar-refractivity contribution in [2.24, 2.45) is 0 Å². The Kier molecular flexibility index (Phi) is 5.19. The first kappa shape index (κ1) is 14.8. The third-order valence-electron chi connectivity index (χ3n) is 4.31. The van der Waals surface area contributed by atoms with Crippen molar-refractivity contribution in [3.05, 3.63) is 0 Å². The van der Waals surface area contributed by atoms with Crippen molar-refractivity contribution in [1.82, 2.24) is 10.2 Å². The van der Waals surface area contributed by atoms with E-state index in [9.17, 15) is 9.90 Å². The lowest BCUT2D eigenvalue weighted by Gasteiger charge is -2.38. The number of hydrogen-bond acceptors (Lipinski definition) is 4. The summed E-state index contributed by atoms with van der Waals surface area (Å²) in [5.74, 6) is -0.138. The highest BCUT2D eigenvalue weighted by Crippen LogP contribution is 2.24. The summed E-state index contributed by atoms with van der Waals surface area (Å²) in [6, 6.07) is 0.478. The summed E-state index contributed by atoms with van der Waals surface area (Å²) in [5.41, 5.74) is -1.21. The predicted molar refractivity (Wildman–Crippen MR) is 72.9 cm³/mol. The van der Waals surface area contributed by atoms with Crippen molar-refractivity contribution in [2.75, 3.05) is 33.4 Å². The van der Waals surface area contributed by atoms with Gasteiger partial charge < -0.3 is 20.1 Å². The second kappa shape index (κ2) is 6.68. The van der Waals surface area contributed by atoms with Crippen molar-refractivity contribution in [2.45, 2.75) is 50.2 Å². The molecule has 2 fully saturated rings. The number of piperidine rings is 1. The van der Waals surface area contributed by atoms with Gasteiger partial charge >= 0.3 is 0 Å². The van der Waals surface area contributed by atoms with Crippen molar-refractivity contribution < 1.29 is 14.6 Å². The van der Waals surface area contributed by atoms with Crippen LogP contribution in [0.15, 0.2) is 0 Å². The van der Waals surface area contributed by atoms with Crippen LogP contribution in [0.3, 0.4) is 0 Å². The van der Waals surface area contributed by atoms with Gasteiger partial charge in [-0.05, 0) is 25.7 Å². The lowest BCUT2D eigenvalue weighted by molar-refractivity contribution is -0.157. The Morgan fingerprint density at radius 3 is 2.84 bits per heavy atom. The number of methoxy groups -OCH3 is 1. The zero-order valence-corrected chi connectivity index (χ0v) is 11.9. The Hall–Kier alpha value is -0.650. The van der Waals surface area contributed by atoms with E-state index in [1.807, 2.05) is 0 Å². The molecule has 2 N–H and O–H groups in total. The first-order valence-electron chi connectivity index (χ1n) is 7.40. The van der Waals surface area contributed by atoms with Crippen LogP contribution in [0.2, 0.25) is 0 Å². The summed E-state index contributed by atoms with van der Waals surface area (Å²) in [5, 5.41) is 13.9. The molecule has 5 nitrogen and oxygen atoms in total. The van der Waals surface area contributed by atoms with Crippen LogP contribution >= 0.6 is 0 Å². The molecule has 0 aromatic carbocycles. The highest BCUT2D eigenvalue weighted by Gasteiger charge is 2.42. The molecule has 1 amide bonds. The minimum Gasteiger partial charge on any atom is -0.383 e. The van der Waals surface area contributed by atoms with Gasteiger partial charge in [0, 0.05) is 32.8 Å². The Labute approximate surface area is 115 Å². The molecule has 0 bridgehead atoms. The maximum atomic E-state index is 12.3. The molecule has 110 valence electrons. The lowest BCUT2D eigenvalue weighted by atomic mass is 9.91. The second-order valence-corrected chi connectivity index (χ2v) is 5.78. The molecule has 0 spiro atoms. The van der Waals surface area contributed by atoms with E-state index in [2.05, 4.69) is 5.32 Å². The summed E-state index contributed by atoms with van der Waals surface area (Å²) in [6.45, 7) is 2.22. The number of likely N-dealkylation sites (tertiary alicyclic amines) is 1. The molecule has 1 aliphatic heterocycles. The van der Waals surface area contributed by atoms with Gasteiger partial charge in [-0.3, -0.25) is 4.79 Å². The molecule has 0 unspecified atom stereocenters. The van der Waals surface area contributed by atoms with Gasteiger partial charge in [-0.1, -0.05) is 12.8 Å². The third kappa shape index (κ3) is 3.68. The predicted octanol–water partition coefficient (Wildman–Crippen LogP) is 0.518. The first-order valence-corrected chi connectivity index (χ1v) is 7.40. The quantitative estimate of drug-likeness (QED) is 0.738. The topological polar surface area (TPSA) is 61.8 Å². The molecule has 0 aromatic rings. The Morgan fingerprint density at radius 1 is 1.42 bits per heavy atom. The molecule has 0 aromatic heterocycles. The second-order valence-electron chi connectivity index (χ2n) is 5.78. The van der Waals surface area contributed by atoms with E-state index in [0.717, 1.165) is 25.8 Å². The summed E-state index contributed by atoms with van der Waals surface area (Å²) in [7, 11) is 1.63. The van der Waals surface area contributed by atoms with Gasteiger partial charge in [0.15, 0.2) is 5.60 Å². The van der Waals surface area contributed by atoms with Crippen molar-refractivity contribution in [3.63, 3.8) is 0 Å². The Morgan fingerprint density at radius 2 is 2.16 bits per heavy atom. The van der Waals surface area contributed by atoms with Gasteiger partial charge in [-0.15, -0.1) is 0 Å². The molecule has 1 aliphatic carbocycles. The molecule has 1 heterocycles. The van der Waals surface area contributed by atoms with Crippen LogP contribution in [0, 0.1) is 0 Å². The van der Waals surface area contributed by atoms with Gasteiger partial charge in [-0.25, -0.2) is 0 Å². The monoisotopic (exact) mass is 270 g/mol. The van der Waals surface area contributed by atoms with Crippen LogP contribution in [-0.2, 0) is 9.53 Å². The fourth-order valence-electron chi connectivity index (χ4n) is 3.09. The van der Waals surface area contributed by atoms with Gasteiger partial charge in [0.2, 0.25) is 0 Å². The maximum Gasteiger partial charge on any atom is 0.255 e. The molecular weight excluding hydrogens is 244 g/mol. The Balaban J connectivity index is 1.86. The molecule has 1 saturated heterocycles. The third-order valence-corrected chi connectivity index (χ3v) is 4.31. The lowest BCUT2D eigenvalue weighted by Crippen LogP contribution is -2.59. The number of rotatable bonds is 6. The highest BCUT2D eigenvalue weighted by atomic mass is 16.5. The molecule has 19 heavy (non-hydrogen) atoms. The average molecular weight is 270 g/mol. The number of nitrogens with zero attached hydrogens (tertiary/aromatic N) is 1. The molecule has 0 radical (unpaired) electrons. The van der Waals surface area contributed by atoms with Gasteiger partial charge in [0.05, 0.1) is 6.61 Å². The van der Waals surface area contributed by atoms with Crippen LogP contribution in [0.1, 0.15) is 38.5 Å². The average Bonchev–Trinajstić information content (AvgIpc) is 2.92. The van der Waals surface area contributed by atoms with E-state index in [4.69, 9.17) is 4.74 Å². The van der Waals surface area contributed by atoms with E-state index in [0.29, 0.717) is 32.2 Å². The van der Waals surface area contributed by atoms with E-state index < -0.39 is 5.60 Å². The summed E-state index contributed by atoms with van der Waals surface area (Å²) < 4.78 is 5.01. The highest BCUT2D eigenvalue weighted by molar-refractivity contribution is 5.86. The summed E-state index contributed by atoms with van der Waals surface area (Å²) in [4.78, 5) is 14.1. The number of hydrogen-bond donors (Lipinski definition) is 2. The minimum absolute atomic E-state index is 0.138. The SMILES string of the molecule is COCCN1CCC[C@](O)(CNC2CCCC2)C1=O. The van der Waals surface area contributed by atoms with E-state index >= 15 is 0 Å². The first-order chi connectivity index (χ1) is 9.15. The number of carbonyl (C=O) groups is 1. The van der Waals surface area contributed by atoms with E-state index in [-0.39, 0.29) is 5.91 Å². The maximum absolute atomic E-state index is 12.3. The van der Waals surface area contributed by atoms with Crippen molar-refractivity contribution >= 4 is 5.91 Å². The number of ether oxygens (including phenoxy) is 1. The fraction of sp³-hybridized carbons (Fsp3) is 0.929. The van der Waals surface area contributed by atoms with E-state index in [1.54, 1.807) is 12.0 Å². The number of amides is 1. The molecule has 5 heteroatoms. The number of nitrogens with one attached hydrogen (secondary N) is 1. The summed E-state index contributed by atoms with van der Waals surface area (Å²) >= 11 is 0. The molecular formula is C14H26N2O3. The standard InChI is InChI=1S/C14H26N2O3/c1-19-10-9-16-8-4-7-14(18,13(16)17)11-15-12-5-2-3-6-12/h12,15,18H,2-11H2,1H3/t14-/m0/s1. The smallest absolute Gasteiger partial charge is 0.255 e. The zero-order chi connectivity index (χ0) is 13.7. The Bertz CT molecular complexity index is 305. The number of aliphatic hydroxyl groups is 1. The van der Waals surface area contributed by atoms with E-state index in [1.165, 1.54) is 12.8 Å². The van der Waals surface area contributed by atoms with Crippen LogP contribution in [-0.4, -0.2) is 60.9 Å². The largest absolute Gasteiger partial charge is 0.383 e. The molecule has 2 rings (SSSR count). The minimum atomic E-state index is -1.21. The van der Waals surface area contributed by atoms with Crippen molar-refractivity contribution in [3.8, 4) is 0 Å². The van der Waals surface area contributed by atoms with Gasteiger partial charge in [-0.2, -0.15) is 0 Å². The van der Waals surface area contributed by atoms with Crippen LogP contribution in [0.5, 0.6) is 0 Å². The molecule has 1 atom stereocenters. The fourth-order valence-corrected chi connectivity index (χ4v) is 3.09. The van der Waals surface area contributed by atoms with Crippen LogP contribution in [0.4, 0.5) is 0 Å². The molecule has 2 aliphatic rings. The normalized spacial score (nSPS) is 29.2. The zero-order valence-electron chi connectivity index (χ0n) is 11.9. The van der Waals surface area contributed by atoms with Gasteiger partial charge in [0.25, 0.3) is 5.91 Å². The van der Waals surface area contributed by atoms with Crippen LogP contribution < -0.4 is 5.32 Å².